The van der Waals surface area contributed by atoms with Crippen LogP contribution in [-0.4, -0.2) is 20.4 Å². The van der Waals surface area contributed by atoms with E-state index in [0.717, 1.165) is 0 Å². The molecule has 0 fully saturated rings. The average molecular weight is 246 g/mol. The van der Waals surface area contributed by atoms with Gasteiger partial charge >= 0.3 is 0 Å². The molecule has 0 spiro atoms. The number of hydrogen-bond donors (Lipinski definition) is 4. The fourth-order valence-electron chi connectivity index (χ4n) is 1.31. The second-order valence-corrected chi connectivity index (χ2v) is 3.49. The van der Waals surface area contributed by atoms with Crippen molar-refractivity contribution in [1.82, 2.24) is 0 Å². The molecule has 0 aliphatic carbocycles. The largest absolute Gasteiger partial charge is 0.504 e. The lowest BCUT2D eigenvalue weighted by atomic mass is 10.3. The molecule has 0 radical (unpaired) electrons. The van der Waals surface area contributed by atoms with E-state index in [0.29, 0.717) is 0 Å². The molecular weight excluding hydrogens is 236 g/mol. The predicted molar refractivity (Wildman–Crippen MR) is 63.7 cm³/mol. The molecule has 0 atom stereocenters. The smallest absolute Gasteiger partial charge is 0.185 e. The first-order valence-electron chi connectivity index (χ1n) is 5.03. The number of rotatable bonds is 2. The van der Waals surface area contributed by atoms with Gasteiger partial charge in [-0.05, 0) is 24.3 Å². The molecule has 18 heavy (non-hydrogen) atoms. The number of aromatic hydroxyl groups is 4. The molecule has 2 aromatic rings. The van der Waals surface area contributed by atoms with Crippen molar-refractivity contribution in [1.29, 1.82) is 0 Å². The van der Waals surface area contributed by atoms with Crippen molar-refractivity contribution in [2.45, 2.75) is 0 Å². The summed E-state index contributed by atoms with van der Waals surface area (Å²) in [6, 6.07) is 8.48. The molecule has 6 nitrogen and oxygen atoms in total. The zero-order valence-corrected chi connectivity index (χ0v) is 9.15. The van der Waals surface area contributed by atoms with Crippen LogP contribution in [0.15, 0.2) is 46.6 Å². The molecule has 0 aromatic heterocycles. The second kappa shape index (κ2) is 4.62. The van der Waals surface area contributed by atoms with Crippen LogP contribution in [0.3, 0.4) is 0 Å². The Labute approximate surface area is 102 Å². The maximum absolute atomic E-state index is 9.48. The summed E-state index contributed by atoms with van der Waals surface area (Å²) in [5.41, 5.74) is 0.107. The zero-order chi connectivity index (χ0) is 13.1. The van der Waals surface area contributed by atoms with E-state index < -0.39 is 11.5 Å². The highest BCUT2D eigenvalue weighted by molar-refractivity contribution is 5.60. The van der Waals surface area contributed by atoms with Crippen molar-refractivity contribution in [2.24, 2.45) is 10.2 Å². The van der Waals surface area contributed by atoms with Gasteiger partial charge in [-0.1, -0.05) is 12.1 Å². The molecule has 0 amide bonds. The van der Waals surface area contributed by atoms with Gasteiger partial charge in [-0.15, -0.1) is 10.2 Å². The normalized spacial score (nSPS) is 10.9. The summed E-state index contributed by atoms with van der Waals surface area (Å²) in [7, 11) is 0. The number of benzene rings is 2. The molecule has 92 valence electrons. The summed E-state index contributed by atoms with van der Waals surface area (Å²) in [4.78, 5) is 0. The molecule has 0 heterocycles. The van der Waals surface area contributed by atoms with E-state index in [1.54, 1.807) is 0 Å². The number of phenolic OH excluding ortho intramolecular Hbond substituents is 4. The highest BCUT2D eigenvalue weighted by Gasteiger charge is 2.07. The highest BCUT2D eigenvalue weighted by atomic mass is 16.3. The Hall–Kier alpha value is -2.76. The van der Waals surface area contributed by atoms with Gasteiger partial charge in [0.25, 0.3) is 0 Å². The average Bonchev–Trinajstić information content (AvgIpc) is 2.36. The van der Waals surface area contributed by atoms with Gasteiger partial charge < -0.3 is 20.4 Å². The molecule has 0 aliphatic rings. The fourth-order valence-corrected chi connectivity index (χ4v) is 1.31. The number of hydrogen-bond acceptors (Lipinski definition) is 6. The van der Waals surface area contributed by atoms with Gasteiger partial charge in [-0.3, -0.25) is 0 Å². The Morgan fingerprint density at radius 3 is 1.39 bits per heavy atom. The van der Waals surface area contributed by atoms with Crippen molar-refractivity contribution in [3.63, 3.8) is 0 Å². The van der Waals surface area contributed by atoms with Gasteiger partial charge in [0.15, 0.2) is 23.0 Å². The van der Waals surface area contributed by atoms with Gasteiger partial charge in [0.05, 0.1) is 0 Å². The van der Waals surface area contributed by atoms with E-state index in [1.807, 2.05) is 0 Å². The minimum absolute atomic E-state index is 0.0535. The molecule has 0 saturated heterocycles. The van der Waals surface area contributed by atoms with Gasteiger partial charge in [0.1, 0.15) is 11.4 Å². The maximum Gasteiger partial charge on any atom is 0.185 e. The highest BCUT2D eigenvalue weighted by Crippen LogP contribution is 2.38. The summed E-state index contributed by atoms with van der Waals surface area (Å²) >= 11 is 0. The summed E-state index contributed by atoms with van der Waals surface area (Å²) in [6.07, 6.45) is 0. The van der Waals surface area contributed by atoms with Crippen LogP contribution in [0.25, 0.3) is 0 Å². The summed E-state index contributed by atoms with van der Waals surface area (Å²) in [5.74, 6) is -1.43. The van der Waals surface area contributed by atoms with Crippen molar-refractivity contribution in [2.75, 3.05) is 0 Å². The van der Waals surface area contributed by atoms with Crippen LogP contribution >= 0.6 is 0 Å². The lowest BCUT2D eigenvalue weighted by Gasteiger charge is -2.01. The lowest BCUT2D eigenvalue weighted by Crippen LogP contribution is -1.71. The Kier molecular flexibility index (Phi) is 3.01. The Morgan fingerprint density at radius 2 is 1.00 bits per heavy atom. The first kappa shape index (κ1) is 11.7. The molecule has 2 rings (SSSR count). The van der Waals surface area contributed by atoms with Crippen molar-refractivity contribution in [3.8, 4) is 23.0 Å². The quantitative estimate of drug-likeness (QED) is 0.482. The van der Waals surface area contributed by atoms with Crippen LogP contribution < -0.4 is 0 Å². The topological polar surface area (TPSA) is 106 Å². The van der Waals surface area contributed by atoms with Gasteiger partial charge in [0.2, 0.25) is 0 Å². The molecule has 0 bridgehead atoms. The van der Waals surface area contributed by atoms with E-state index in [-0.39, 0.29) is 22.9 Å². The lowest BCUT2D eigenvalue weighted by molar-refractivity contribution is 0.403. The van der Waals surface area contributed by atoms with Crippen LogP contribution in [-0.2, 0) is 0 Å². The number of para-hydroxylation sites is 2. The van der Waals surface area contributed by atoms with E-state index in [1.165, 1.54) is 36.4 Å². The molecule has 0 saturated carbocycles. The third kappa shape index (κ3) is 2.17. The van der Waals surface area contributed by atoms with Crippen LogP contribution in [0.4, 0.5) is 11.4 Å². The fraction of sp³-hybridized carbons (Fsp3) is 0. The first-order chi connectivity index (χ1) is 8.59. The second-order valence-electron chi connectivity index (χ2n) is 3.49. The predicted octanol–water partition coefficient (Wildman–Crippen LogP) is 2.92. The first-order valence-corrected chi connectivity index (χ1v) is 5.03. The zero-order valence-electron chi connectivity index (χ0n) is 9.15. The molecule has 6 heteroatoms. The SMILES string of the molecule is Oc1cccc(N=Nc2cccc(O)c2O)c1O. The number of nitrogens with zero attached hydrogens (tertiary/aromatic N) is 2. The molecule has 2 aromatic carbocycles. The van der Waals surface area contributed by atoms with Crippen molar-refractivity contribution >= 4 is 11.4 Å². The van der Waals surface area contributed by atoms with E-state index in [2.05, 4.69) is 10.2 Å². The molecule has 0 unspecified atom stereocenters. The molecule has 0 aliphatic heterocycles. The van der Waals surface area contributed by atoms with E-state index in [4.69, 9.17) is 0 Å². The Morgan fingerprint density at radius 1 is 0.611 bits per heavy atom. The Balaban J connectivity index is 2.36. The number of phenols is 4. The summed E-state index contributed by atoms with van der Waals surface area (Å²) in [6.45, 7) is 0. The molecular formula is C12H10N2O4. The Bertz CT molecular complexity index is 558. The monoisotopic (exact) mass is 246 g/mol. The van der Waals surface area contributed by atoms with Gasteiger partial charge in [-0.2, -0.15) is 0 Å². The van der Waals surface area contributed by atoms with Crippen molar-refractivity contribution < 1.29 is 20.4 Å². The van der Waals surface area contributed by atoms with Crippen molar-refractivity contribution in [3.05, 3.63) is 36.4 Å². The molecule has 4 N–H and O–H groups in total. The third-order valence-corrected chi connectivity index (χ3v) is 2.25. The van der Waals surface area contributed by atoms with Crippen LogP contribution in [0.1, 0.15) is 0 Å². The van der Waals surface area contributed by atoms with Crippen LogP contribution in [0.5, 0.6) is 23.0 Å². The maximum atomic E-state index is 9.48. The van der Waals surface area contributed by atoms with Crippen LogP contribution in [0.2, 0.25) is 0 Å². The minimum atomic E-state index is -0.402. The standard InChI is InChI=1S/C12H10N2O4/c15-9-5-1-3-7(11(9)17)13-14-8-4-2-6-10(16)12(8)18/h1-6,15-18H. The van der Waals surface area contributed by atoms with E-state index in [9.17, 15) is 20.4 Å². The minimum Gasteiger partial charge on any atom is -0.504 e. The third-order valence-electron chi connectivity index (χ3n) is 2.25. The van der Waals surface area contributed by atoms with Gasteiger partial charge in [-0.25, -0.2) is 0 Å². The summed E-state index contributed by atoms with van der Waals surface area (Å²) < 4.78 is 0. The van der Waals surface area contributed by atoms with E-state index >= 15 is 0 Å². The summed E-state index contributed by atoms with van der Waals surface area (Å²) in [5, 5.41) is 44.8. The van der Waals surface area contributed by atoms with Crippen LogP contribution in [0, 0.1) is 0 Å². The number of azo groups is 1. The van der Waals surface area contributed by atoms with Gasteiger partial charge in [0, 0.05) is 0 Å².